The lowest BCUT2D eigenvalue weighted by Crippen LogP contribution is -2.53. The summed E-state index contributed by atoms with van der Waals surface area (Å²) in [6.45, 7) is 0.0635. The number of piperidine rings is 1. The zero-order valence-electron chi connectivity index (χ0n) is 19.8. The Bertz CT molecular complexity index is 1280. The molecule has 2 bridgehead atoms. The molecule has 190 valence electrons. The standard InChI is InChI=1S/C25H28N4O6S/c30-23(21-14-22(35-27-21)15-6-7-15)26-16-12-17-8-9-18(13-16)29(17)36(33,34)11-3-10-28-24(31)19-4-1-2-5-20(19)25(28)32/h1-2,4-5,14-18H,3,6-13H2,(H,26,30)/t16-,17-,18+. The quantitative estimate of drug-likeness (QED) is 0.537. The summed E-state index contributed by atoms with van der Waals surface area (Å²) in [6, 6.07) is 7.88. The number of hydrogen-bond acceptors (Lipinski definition) is 7. The first-order valence-electron chi connectivity index (χ1n) is 12.6. The van der Waals surface area contributed by atoms with E-state index in [0.717, 1.165) is 36.3 Å². The van der Waals surface area contributed by atoms with Crippen LogP contribution in [0.2, 0.25) is 0 Å². The Morgan fingerprint density at radius 1 is 1.03 bits per heavy atom. The monoisotopic (exact) mass is 512 g/mol. The van der Waals surface area contributed by atoms with Crippen LogP contribution in [0.15, 0.2) is 34.9 Å². The molecule has 4 heterocycles. The molecule has 3 atom stereocenters. The zero-order valence-corrected chi connectivity index (χ0v) is 20.6. The number of nitrogens with one attached hydrogen (secondary N) is 1. The first-order valence-corrected chi connectivity index (χ1v) is 14.2. The molecule has 1 saturated carbocycles. The molecule has 0 radical (unpaired) electrons. The topological polar surface area (TPSA) is 130 Å². The molecule has 10 nitrogen and oxygen atoms in total. The molecule has 0 spiro atoms. The highest BCUT2D eigenvalue weighted by Gasteiger charge is 2.47. The average Bonchev–Trinajstić information content (AvgIpc) is 3.44. The number of carbonyl (C=O) groups excluding carboxylic acids is 3. The van der Waals surface area contributed by atoms with Crippen molar-refractivity contribution >= 4 is 27.7 Å². The summed E-state index contributed by atoms with van der Waals surface area (Å²) >= 11 is 0. The average molecular weight is 513 g/mol. The van der Waals surface area contributed by atoms with Gasteiger partial charge in [-0.2, -0.15) is 4.31 Å². The maximum Gasteiger partial charge on any atom is 0.273 e. The van der Waals surface area contributed by atoms with Gasteiger partial charge in [-0.05, 0) is 57.1 Å². The van der Waals surface area contributed by atoms with Gasteiger partial charge < -0.3 is 9.84 Å². The third-order valence-corrected chi connectivity index (χ3v) is 9.77. The summed E-state index contributed by atoms with van der Waals surface area (Å²) in [4.78, 5) is 38.9. The number of imide groups is 1. The Morgan fingerprint density at radius 3 is 2.28 bits per heavy atom. The largest absolute Gasteiger partial charge is 0.360 e. The summed E-state index contributed by atoms with van der Waals surface area (Å²) < 4.78 is 33.4. The molecule has 1 aliphatic carbocycles. The van der Waals surface area contributed by atoms with Crippen LogP contribution in [0, 0.1) is 0 Å². The van der Waals surface area contributed by atoms with Gasteiger partial charge in [-0.1, -0.05) is 17.3 Å². The highest BCUT2D eigenvalue weighted by Crippen LogP contribution is 2.40. The molecule has 1 N–H and O–H groups in total. The van der Waals surface area contributed by atoms with Crippen molar-refractivity contribution in [3.63, 3.8) is 0 Å². The zero-order chi connectivity index (χ0) is 25.0. The van der Waals surface area contributed by atoms with Crippen LogP contribution >= 0.6 is 0 Å². The second-order valence-corrected chi connectivity index (χ2v) is 12.2. The van der Waals surface area contributed by atoms with Gasteiger partial charge in [-0.3, -0.25) is 19.3 Å². The van der Waals surface area contributed by atoms with Gasteiger partial charge in [0, 0.05) is 36.7 Å². The van der Waals surface area contributed by atoms with Crippen LogP contribution in [0.1, 0.15) is 87.8 Å². The van der Waals surface area contributed by atoms with E-state index in [4.69, 9.17) is 4.52 Å². The van der Waals surface area contributed by atoms with Crippen molar-refractivity contribution in [1.29, 1.82) is 0 Å². The molecule has 0 unspecified atom stereocenters. The number of aromatic nitrogens is 1. The third kappa shape index (κ3) is 4.13. The summed E-state index contributed by atoms with van der Waals surface area (Å²) in [5.41, 5.74) is 0.997. The van der Waals surface area contributed by atoms with Crippen molar-refractivity contribution < 1.29 is 27.3 Å². The fourth-order valence-corrected chi connectivity index (χ4v) is 7.87. The van der Waals surface area contributed by atoms with E-state index in [1.165, 1.54) is 0 Å². The third-order valence-electron chi connectivity index (χ3n) is 7.73. The molecular formula is C25H28N4O6S. The highest BCUT2D eigenvalue weighted by molar-refractivity contribution is 7.89. The molecule has 3 aliphatic heterocycles. The lowest BCUT2D eigenvalue weighted by molar-refractivity contribution is 0.0653. The second kappa shape index (κ2) is 8.81. The number of benzene rings is 1. The van der Waals surface area contributed by atoms with Gasteiger partial charge in [-0.25, -0.2) is 8.42 Å². The minimum absolute atomic E-state index is 0.0635. The Morgan fingerprint density at radius 2 is 1.67 bits per heavy atom. The molecule has 36 heavy (non-hydrogen) atoms. The molecule has 6 rings (SSSR count). The predicted molar refractivity (Wildman–Crippen MR) is 128 cm³/mol. The van der Waals surface area contributed by atoms with Crippen molar-refractivity contribution in [3.8, 4) is 0 Å². The molecule has 3 amide bonds. The minimum Gasteiger partial charge on any atom is -0.360 e. The smallest absolute Gasteiger partial charge is 0.273 e. The Labute approximate surface area is 209 Å². The highest BCUT2D eigenvalue weighted by atomic mass is 32.2. The van der Waals surface area contributed by atoms with Gasteiger partial charge in [-0.15, -0.1) is 0 Å². The lowest BCUT2D eigenvalue weighted by atomic mass is 9.99. The summed E-state index contributed by atoms with van der Waals surface area (Å²) in [6.07, 6.45) is 4.91. The molecule has 1 aromatic carbocycles. The Balaban J connectivity index is 1.04. The maximum absolute atomic E-state index is 13.3. The minimum atomic E-state index is -3.57. The molecule has 3 fully saturated rings. The van der Waals surface area contributed by atoms with Gasteiger partial charge in [0.2, 0.25) is 10.0 Å². The van der Waals surface area contributed by atoms with E-state index in [-0.39, 0.29) is 60.3 Å². The van der Waals surface area contributed by atoms with Crippen molar-refractivity contribution in [2.75, 3.05) is 12.3 Å². The van der Waals surface area contributed by atoms with Gasteiger partial charge in [0.05, 0.1) is 16.9 Å². The van der Waals surface area contributed by atoms with E-state index >= 15 is 0 Å². The number of carbonyl (C=O) groups is 3. The molecule has 1 aromatic heterocycles. The fraction of sp³-hybridized carbons (Fsp3) is 0.520. The second-order valence-electron chi connectivity index (χ2n) is 10.2. The number of hydrogen-bond donors (Lipinski definition) is 1. The van der Waals surface area contributed by atoms with E-state index in [1.807, 2.05) is 0 Å². The van der Waals surface area contributed by atoms with E-state index in [0.29, 0.717) is 29.9 Å². The molecule has 11 heteroatoms. The van der Waals surface area contributed by atoms with E-state index in [2.05, 4.69) is 10.5 Å². The van der Waals surface area contributed by atoms with Gasteiger partial charge in [0.1, 0.15) is 5.76 Å². The van der Waals surface area contributed by atoms with Crippen LogP contribution in [-0.2, 0) is 10.0 Å². The number of rotatable bonds is 8. The van der Waals surface area contributed by atoms with Crippen molar-refractivity contribution in [2.24, 2.45) is 0 Å². The van der Waals surface area contributed by atoms with Gasteiger partial charge in [0.15, 0.2) is 5.69 Å². The van der Waals surface area contributed by atoms with Gasteiger partial charge >= 0.3 is 0 Å². The summed E-state index contributed by atoms with van der Waals surface area (Å²) in [5, 5.41) is 6.91. The first-order chi connectivity index (χ1) is 17.3. The molecule has 2 aromatic rings. The van der Waals surface area contributed by atoms with Crippen LogP contribution in [0.3, 0.4) is 0 Å². The van der Waals surface area contributed by atoms with Crippen LogP contribution in [-0.4, -0.2) is 70.9 Å². The molecule has 2 saturated heterocycles. The van der Waals surface area contributed by atoms with Crippen molar-refractivity contribution in [3.05, 3.63) is 52.9 Å². The Kier molecular flexibility index (Phi) is 5.71. The van der Waals surface area contributed by atoms with Crippen LogP contribution < -0.4 is 5.32 Å². The number of sulfonamides is 1. The molecular weight excluding hydrogens is 484 g/mol. The van der Waals surface area contributed by atoms with Crippen molar-refractivity contribution in [1.82, 2.24) is 19.7 Å². The maximum atomic E-state index is 13.3. The van der Waals surface area contributed by atoms with Gasteiger partial charge in [0.25, 0.3) is 17.7 Å². The predicted octanol–water partition coefficient (Wildman–Crippen LogP) is 2.29. The molecule has 4 aliphatic rings. The summed E-state index contributed by atoms with van der Waals surface area (Å²) in [5.74, 6) is -0.0372. The Hall–Kier alpha value is -3.05. The lowest BCUT2D eigenvalue weighted by Gasteiger charge is -2.38. The van der Waals surface area contributed by atoms with Crippen LogP contribution in [0.4, 0.5) is 0 Å². The van der Waals surface area contributed by atoms with E-state index < -0.39 is 10.0 Å². The van der Waals surface area contributed by atoms with E-state index in [9.17, 15) is 22.8 Å². The van der Waals surface area contributed by atoms with Crippen molar-refractivity contribution in [2.45, 2.75) is 69.0 Å². The summed E-state index contributed by atoms with van der Waals surface area (Å²) in [7, 11) is -3.57. The number of nitrogens with zero attached hydrogens (tertiary/aromatic N) is 3. The number of amides is 3. The normalized spacial score (nSPS) is 25.9. The van der Waals surface area contributed by atoms with Crippen LogP contribution in [0.25, 0.3) is 0 Å². The fourth-order valence-electron chi connectivity index (χ4n) is 5.87. The SMILES string of the molecule is O=C(N[C@@H]1C[C@H]2CC[C@@H](C1)N2S(=O)(=O)CCCN1C(=O)c2ccccc2C1=O)c1cc(C2CC2)on1. The first kappa shape index (κ1) is 23.4. The number of fused-ring (bicyclic) bond motifs is 3. The van der Waals surface area contributed by atoms with E-state index in [1.54, 1.807) is 34.6 Å². The van der Waals surface area contributed by atoms with Crippen LogP contribution in [0.5, 0.6) is 0 Å².